The van der Waals surface area contributed by atoms with Crippen LogP contribution in [0.15, 0.2) is 18.2 Å². The number of fused-ring (bicyclic) bond motifs is 1. The highest BCUT2D eigenvalue weighted by Gasteiger charge is 2.54. The fraction of sp³-hybridized carbons (Fsp3) is 0.640. The van der Waals surface area contributed by atoms with Gasteiger partial charge in [-0.1, -0.05) is 26.0 Å². The summed E-state index contributed by atoms with van der Waals surface area (Å²) in [6.07, 6.45) is 2.32. The molecule has 1 aliphatic heterocycles. The number of rotatable bonds is 11. The van der Waals surface area contributed by atoms with Gasteiger partial charge in [0.1, 0.15) is 6.04 Å². The zero-order chi connectivity index (χ0) is 25.0. The van der Waals surface area contributed by atoms with E-state index in [0.29, 0.717) is 19.3 Å². The summed E-state index contributed by atoms with van der Waals surface area (Å²) in [7, 11) is 3.99. The van der Waals surface area contributed by atoms with Crippen LogP contribution in [0.1, 0.15) is 37.8 Å². The summed E-state index contributed by atoms with van der Waals surface area (Å²) >= 11 is 0. The number of epoxide rings is 1. The lowest BCUT2D eigenvalue weighted by molar-refractivity contribution is -0.135. The first-order valence-corrected chi connectivity index (χ1v) is 11.9. The van der Waals surface area contributed by atoms with Crippen LogP contribution in [0, 0.1) is 11.8 Å². The van der Waals surface area contributed by atoms with Crippen molar-refractivity contribution >= 4 is 23.3 Å². The van der Waals surface area contributed by atoms with Gasteiger partial charge in [0.2, 0.25) is 11.8 Å². The van der Waals surface area contributed by atoms with E-state index in [0.717, 1.165) is 17.7 Å². The number of benzene rings is 1. The molecule has 3 unspecified atom stereocenters. The van der Waals surface area contributed by atoms with Crippen molar-refractivity contribution < 1.29 is 29.3 Å². The summed E-state index contributed by atoms with van der Waals surface area (Å²) in [5.41, 5.74) is 2.24. The molecule has 1 aromatic rings. The largest absolute Gasteiger partial charge is 0.394 e. The first-order chi connectivity index (χ1) is 16.1. The van der Waals surface area contributed by atoms with Gasteiger partial charge in [-0.05, 0) is 48.8 Å². The molecule has 0 spiro atoms. The summed E-state index contributed by atoms with van der Waals surface area (Å²) in [6.45, 7) is 2.91. The topological polar surface area (TPSA) is 132 Å². The molecule has 2 amide bonds. The number of Topliss-reactive ketones (excluding diaryl/α,β-unsaturated/α-hetero) is 1. The van der Waals surface area contributed by atoms with E-state index in [4.69, 9.17) is 4.74 Å². The molecule has 34 heavy (non-hydrogen) atoms. The van der Waals surface area contributed by atoms with Crippen LogP contribution in [-0.2, 0) is 32.0 Å². The number of nitrogens with zero attached hydrogens (tertiary/aromatic N) is 1. The Morgan fingerprint density at radius 3 is 2.44 bits per heavy atom. The number of aliphatic hydroxyl groups is 2. The van der Waals surface area contributed by atoms with E-state index < -0.39 is 36.8 Å². The molecule has 0 radical (unpaired) electrons. The Labute approximate surface area is 200 Å². The molecule has 1 saturated heterocycles. The zero-order valence-electron chi connectivity index (χ0n) is 20.5. The Balaban J connectivity index is 1.64. The Morgan fingerprint density at radius 1 is 1.18 bits per heavy atom. The third kappa shape index (κ3) is 5.76. The van der Waals surface area contributed by atoms with Gasteiger partial charge in [0.15, 0.2) is 11.4 Å². The molecule has 4 N–H and O–H groups in total. The van der Waals surface area contributed by atoms with Crippen LogP contribution in [0.3, 0.4) is 0 Å². The van der Waals surface area contributed by atoms with Crippen LogP contribution in [0.25, 0.3) is 0 Å². The lowest BCUT2D eigenvalue weighted by Crippen LogP contribution is -2.56. The molecule has 9 nitrogen and oxygen atoms in total. The Morgan fingerprint density at radius 2 is 1.88 bits per heavy atom. The monoisotopic (exact) mass is 475 g/mol. The highest BCUT2D eigenvalue weighted by Crippen LogP contribution is 2.32. The number of nitrogens with one attached hydrogen (secondary N) is 2. The molecule has 3 rings (SSSR count). The molecule has 0 saturated carbocycles. The summed E-state index contributed by atoms with van der Waals surface area (Å²) in [5, 5.41) is 24.7. The van der Waals surface area contributed by atoms with E-state index in [1.165, 1.54) is 5.56 Å². The van der Waals surface area contributed by atoms with E-state index in [1.54, 1.807) is 0 Å². The summed E-state index contributed by atoms with van der Waals surface area (Å²) < 4.78 is 5.16. The first kappa shape index (κ1) is 26.1. The molecule has 1 aliphatic carbocycles. The maximum atomic E-state index is 13.0. The smallest absolute Gasteiger partial charge is 0.245 e. The van der Waals surface area contributed by atoms with Crippen LogP contribution < -0.4 is 15.5 Å². The maximum absolute atomic E-state index is 13.0. The second-order valence-electron chi connectivity index (χ2n) is 9.99. The third-order valence-electron chi connectivity index (χ3n) is 6.66. The number of ketones is 1. The summed E-state index contributed by atoms with van der Waals surface area (Å²) in [4.78, 5) is 40.8. The minimum absolute atomic E-state index is 0.0975. The quantitative estimate of drug-likeness (QED) is 0.336. The second-order valence-corrected chi connectivity index (χ2v) is 9.99. The number of aliphatic hydroxyl groups excluding tert-OH is 2. The van der Waals surface area contributed by atoms with Crippen LogP contribution in [0.5, 0.6) is 0 Å². The number of hydrogen-bond donors (Lipinski definition) is 4. The Kier molecular flexibility index (Phi) is 8.33. The lowest BCUT2D eigenvalue weighted by atomic mass is 9.82. The van der Waals surface area contributed by atoms with Crippen molar-refractivity contribution in [2.75, 3.05) is 38.8 Å². The van der Waals surface area contributed by atoms with E-state index >= 15 is 0 Å². The molecule has 188 valence electrons. The average Bonchev–Trinajstić information content (AvgIpc) is 3.61. The molecule has 9 heteroatoms. The Hall–Kier alpha value is -2.49. The molecular formula is C25H37N3O6. The normalized spacial score (nSPS) is 23.0. The van der Waals surface area contributed by atoms with Crippen molar-refractivity contribution in [3.8, 4) is 0 Å². The predicted octanol–water partition coefficient (Wildman–Crippen LogP) is 0.196. The number of anilines is 1. The maximum Gasteiger partial charge on any atom is 0.245 e. The number of carbonyl (C=O) groups is 3. The van der Waals surface area contributed by atoms with Gasteiger partial charge in [-0.3, -0.25) is 14.4 Å². The third-order valence-corrected chi connectivity index (χ3v) is 6.66. The zero-order valence-corrected chi connectivity index (χ0v) is 20.5. The van der Waals surface area contributed by atoms with Crippen molar-refractivity contribution in [3.05, 3.63) is 29.3 Å². The molecule has 2 aliphatic rings. The summed E-state index contributed by atoms with van der Waals surface area (Å²) in [6, 6.07) is 4.02. The van der Waals surface area contributed by atoms with Gasteiger partial charge in [0.25, 0.3) is 0 Å². The second kappa shape index (κ2) is 10.8. The molecule has 1 fully saturated rings. The van der Waals surface area contributed by atoms with Crippen molar-refractivity contribution in [3.63, 3.8) is 0 Å². The van der Waals surface area contributed by atoms with Gasteiger partial charge in [-0.15, -0.1) is 0 Å². The van der Waals surface area contributed by atoms with E-state index in [9.17, 15) is 24.6 Å². The van der Waals surface area contributed by atoms with E-state index in [1.807, 2.05) is 40.1 Å². The van der Waals surface area contributed by atoms with Crippen LogP contribution >= 0.6 is 0 Å². The van der Waals surface area contributed by atoms with Gasteiger partial charge in [0.05, 0.1) is 25.9 Å². The lowest BCUT2D eigenvalue weighted by Gasteiger charge is -2.29. The van der Waals surface area contributed by atoms with Gasteiger partial charge < -0.3 is 30.5 Å². The fourth-order valence-electron chi connectivity index (χ4n) is 4.60. The predicted molar refractivity (Wildman–Crippen MR) is 127 cm³/mol. The van der Waals surface area contributed by atoms with Gasteiger partial charge >= 0.3 is 0 Å². The SMILES string of the molecule is CC(C)CC(NC(=O)[C@H](CO)NC(=O)C1CCc2c(cccc2N(C)C)C1)C(=O)C1(CO)CO1. The highest BCUT2D eigenvalue weighted by atomic mass is 16.6. The van der Waals surface area contributed by atoms with Crippen LogP contribution in [0.2, 0.25) is 0 Å². The molecule has 0 aromatic heterocycles. The van der Waals surface area contributed by atoms with E-state index in [-0.39, 0.29) is 30.1 Å². The molecule has 4 atom stereocenters. The molecule has 0 bridgehead atoms. The fourth-order valence-corrected chi connectivity index (χ4v) is 4.60. The van der Waals surface area contributed by atoms with Gasteiger partial charge in [-0.2, -0.15) is 0 Å². The Bertz CT molecular complexity index is 912. The molecule has 1 heterocycles. The number of amides is 2. The molecule has 1 aromatic carbocycles. The first-order valence-electron chi connectivity index (χ1n) is 11.9. The number of carbonyl (C=O) groups excluding carboxylic acids is 3. The number of hydrogen-bond acceptors (Lipinski definition) is 7. The highest BCUT2D eigenvalue weighted by molar-refractivity contribution is 5.98. The van der Waals surface area contributed by atoms with Crippen molar-refractivity contribution in [2.24, 2.45) is 11.8 Å². The number of ether oxygens (including phenoxy) is 1. The molecular weight excluding hydrogens is 438 g/mol. The van der Waals surface area contributed by atoms with Gasteiger partial charge in [0, 0.05) is 25.7 Å². The van der Waals surface area contributed by atoms with Crippen molar-refractivity contribution in [1.29, 1.82) is 0 Å². The summed E-state index contributed by atoms with van der Waals surface area (Å²) in [5.74, 6) is -1.52. The minimum Gasteiger partial charge on any atom is -0.394 e. The van der Waals surface area contributed by atoms with Crippen LogP contribution in [-0.4, -0.2) is 79.4 Å². The van der Waals surface area contributed by atoms with Crippen molar-refractivity contribution in [1.82, 2.24) is 10.6 Å². The van der Waals surface area contributed by atoms with Crippen LogP contribution in [0.4, 0.5) is 5.69 Å². The van der Waals surface area contributed by atoms with Gasteiger partial charge in [-0.25, -0.2) is 0 Å². The minimum atomic E-state index is -1.26. The standard InChI is InChI=1S/C25H37N3O6/c1-15(2)10-19(22(31)25(13-30)14-34-25)26-24(33)20(12-29)27-23(32)17-8-9-18-16(11-17)6-5-7-21(18)28(3)4/h5-7,15,17,19-20,29-30H,8-14H2,1-4H3,(H,26,33)(H,27,32)/t17?,19?,20-,25?/m0/s1. The average molecular weight is 476 g/mol. The van der Waals surface area contributed by atoms with E-state index in [2.05, 4.69) is 21.6 Å². The van der Waals surface area contributed by atoms with Crippen molar-refractivity contribution in [2.45, 2.75) is 57.2 Å².